The third kappa shape index (κ3) is 4.09. The van der Waals surface area contributed by atoms with Gasteiger partial charge in [0.15, 0.2) is 0 Å². The van der Waals surface area contributed by atoms with E-state index in [0.717, 1.165) is 40.6 Å². The average Bonchev–Trinajstić information content (AvgIpc) is 3.56. The zero-order valence-corrected chi connectivity index (χ0v) is 17.2. The number of nitrogens with one attached hydrogen (secondary N) is 1. The average molecular weight is 414 g/mol. The van der Waals surface area contributed by atoms with E-state index < -0.39 is 0 Å². The molecule has 4 rings (SSSR count). The molecule has 6 nitrogen and oxygen atoms in total. The molecule has 0 bridgehead atoms. The van der Waals surface area contributed by atoms with Crippen LogP contribution < -0.4 is 15.6 Å². The number of ether oxygens (including phenoxy) is 1. The molecule has 29 heavy (non-hydrogen) atoms. The van der Waals surface area contributed by atoms with Gasteiger partial charge in [0.2, 0.25) is 5.88 Å². The smallest absolute Gasteiger partial charge is 0.252 e. The first kappa shape index (κ1) is 19.7. The van der Waals surface area contributed by atoms with Gasteiger partial charge >= 0.3 is 0 Å². The maximum Gasteiger partial charge on any atom is 0.252 e. The number of halogens is 1. The summed E-state index contributed by atoms with van der Waals surface area (Å²) in [7, 11) is 3.34. The van der Waals surface area contributed by atoms with Gasteiger partial charge < -0.3 is 19.7 Å². The predicted octanol–water partition coefficient (Wildman–Crippen LogP) is 3.37. The van der Waals surface area contributed by atoms with E-state index in [-0.39, 0.29) is 18.2 Å². The zero-order chi connectivity index (χ0) is 20.5. The van der Waals surface area contributed by atoms with Gasteiger partial charge in [-0.3, -0.25) is 4.79 Å². The third-order valence-electron chi connectivity index (χ3n) is 5.55. The highest BCUT2D eigenvalue weighted by Crippen LogP contribution is 2.35. The van der Waals surface area contributed by atoms with Gasteiger partial charge in [0.1, 0.15) is 0 Å². The molecule has 0 aliphatic heterocycles. The van der Waals surface area contributed by atoms with Crippen LogP contribution in [0.15, 0.2) is 41.3 Å². The predicted molar refractivity (Wildman–Crippen MR) is 115 cm³/mol. The number of fused-ring (bicyclic) bond motifs is 1. The van der Waals surface area contributed by atoms with E-state index >= 15 is 0 Å². The summed E-state index contributed by atoms with van der Waals surface area (Å²) in [5, 5.41) is 14.7. The van der Waals surface area contributed by atoms with Crippen molar-refractivity contribution < 1.29 is 9.84 Å². The van der Waals surface area contributed by atoms with Crippen molar-refractivity contribution in [3.05, 3.63) is 63.0 Å². The lowest BCUT2D eigenvalue weighted by Gasteiger charge is -2.19. The van der Waals surface area contributed by atoms with E-state index in [9.17, 15) is 9.90 Å². The SMILES string of the molecule is COc1cc(Cc2ccc3c(c2)c(N[C@H](CO)C2CC2)cc(=O)n3C)c(Cl)cn1. The van der Waals surface area contributed by atoms with E-state index in [0.29, 0.717) is 23.2 Å². The van der Waals surface area contributed by atoms with Crippen molar-refractivity contribution in [1.82, 2.24) is 9.55 Å². The summed E-state index contributed by atoms with van der Waals surface area (Å²) >= 11 is 6.32. The normalized spacial score (nSPS) is 14.8. The summed E-state index contributed by atoms with van der Waals surface area (Å²) in [5.74, 6) is 0.982. The lowest BCUT2D eigenvalue weighted by molar-refractivity contribution is 0.263. The maximum absolute atomic E-state index is 12.4. The summed E-state index contributed by atoms with van der Waals surface area (Å²) in [5.41, 5.74) is 3.50. The number of nitrogens with zero attached hydrogens (tertiary/aromatic N) is 2. The minimum Gasteiger partial charge on any atom is -0.481 e. The molecule has 1 aliphatic carbocycles. The number of aliphatic hydroxyl groups excluding tert-OH is 1. The largest absolute Gasteiger partial charge is 0.481 e. The molecule has 2 heterocycles. The van der Waals surface area contributed by atoms with E-state index in [1.165, 1.54) is 0 Å². The van der Waals surface area contributed by atoms with Crippen LogP contribution in [0.25, 0.3) is 10.9 Å². The molecule has 1 aromatic carbocycles. The van der Waals surface area contributed by atoms with E-state index in [4.69, 9.17) is 16.3 Å². The number of rotatable bonds is 7. The number of aryl methyl sites for hydroxylation is 1. The number of aliphatic hydroxyl groups is 1. The van der Waals surface area contributed by atoms with Crippen molar-refractivity contribution in [3.8, 4) is 5.88 Å². The van der Waals surface area contributed by atoms with Gasteiger partial charge in [-0.25, -0.2) is 4.98 Å². The zero-order valence-electron chi connectivity index (χ0n) is 16.5. The Labute approximate surface area is 174 Å². The Kier molecular flexibility index (Phi) is 5.48. The van der Waals surface area contributed by atoms with E-state index in [2.05, 4.69) is 16.4 Å². The van der Waals surface area contributed by atoms with Crippen molar-refractivity contribution >= 4 is 28.2 Å². The molecule has 0 amide bonds. The molecule has 0 spiro atoms. The van der Waals surface area contributed by atoms with Gasteiger partial charge in [0.05, 0.1) is 30.3 Å². The first-order valence-corrected chi connectivity index (χ1v) is 10.1. The molecule has 0 saturated heterocycles. The van der Waals surface area contributed by atoms with Crippen LogP contribution in [-0.2, 0) is 13.5 Å². The van der Waals surface area contributed by atoms with Crippen LogP contribution in [0.5, 0.6) is 5.88 Å². The Balaban J connectivity index is 1.74. The topological polar surface area (TPSA) is 76.4 Å². The summed E-state index contributed by atoms with van der Waals surface area (Å²) in [6.07, 6.45) is 4.42. The molecule has 1 fully saturated rings. The summed E-state index contributed by atoms with van der Waals surface area (Å²) < 4.78 is 6.85. The Morgan fingerprint density at radius 2 is 2.14 bits per heavy atom. The molecular formula is C22H24ClN3O3. The number of benzene rings is 1. The third-order valence-corrected chi connectivity index (χ3v) is 5.89. The quantitative estimate of drug-likeness (QED) is 0.621. The van der Waals surface area contributed by atoms with Gasteiger partial charge in [-0.05, 0) is 48.4 Å². The van der Waals surface area contributed by atoms with Crippen LogP contribution in [0, 0.1) is 5.92 Å². The first-order valence-electron chi connectivity index (χ1n) is 9.68. The highest BCUT2D eigenvalue weighted by atomic mass is 35.5. The standard InChI is InChI=1S/C22H24ClN3O3/c1-26-20-6-3-13(7-15-9-21(29-2)24-11-17(15)23)8-16(20)18(10-22(26)28)25-19(12-27)14-4-5-14/h3,6,8-11,14,19,25,27H,4-5,7,12H2,1-2H3/t19-/m1/s1. The number of pyridine rings is 2. The lowest BCUT2D eigenvalue weighted by Crippen LogP contribution is -2.27. The molecule has 3 aromatic rings. The highest BCUT2D eigenvalue weighted by molar-refractivity contribution is 6.31. The Hall–Kier alpha value is -2.57. The van der Waals surface area contributed by atoms with E-state index in [1.807, 2.05) is 18.2 Å². The number of methoxy groups -OCH3 is 1. The van der Waals surface area contributed by atoms with Crippen LogP contribution in [0.1, 0.15) is 24.0 Å². The van der Waals surface area contributed by atoms with Crippen molar-refractivity contribution in [1.29, 1.82) is 0 Å². The van der Waals surface area contributed by atoms with Crippen molar-refractivity contribution in [2.45, 2.75) is 25.3 Å². The molecule has 0 radical (unpaired) electrons. The Bertz CT molecular complexity index is 1110. The molecule has 0 unspecified atom stereocenters. The lowest BCUT2D eigenvalue weighted by atomic mass is 10.0. The minimum atomic E-state index is -0.0813. The molecule has 152 valence electrons. The molecule has 7 heteroatoms. The monoisotopic (exact) mass is 413 g/mol. The van der Waals surface area contributed by atoms with Crippen LogP contribution in [0.2, 0.25) is 5.02 Å². The second-order valence-corrected chi connectivity index (χ2v) is 7.98. The summed E-state index contributed by atoms with van der Waals surface area (Å²) in [6, 6.07) is 9.43. The molecule has 2 aromatic heterocycles. The minimum absolute atomic E-state index is 0.0344. The van der Waals surface area contributed by atoms with Crippen molar-refractivity contribution in [3.63, 3.8) is 0 Å². The van der Waals surface area contributed by atoms with Crippen LogP contribution in [0.4, 0.5) is 5.69 Å². The van der Waals surface area contributed by atoms with Gasteiger partial charge in [0, 0.05) is 36.5 Å². The fourth-order valence-corrected chi connectivity index (χ4v) is 3.84. The first-order chi connectivity index (χ1) is 14.0. The molecule has 1 aliphatic rings. The number of anilines is 1. The molecule has 2 N–H and O–H groups in total. The van der Waals surface area contributed by atoms with Crippen LogP contribution in [0.3, 0.4) is 0 Å². The number of hydrogen-bond donors (Lipinski definition) is 2. The van der Waals surface area contributed by atoms with Gasteiger partial charge in [-0.1, -0.05) is 17.7 Å². The molecular weight excluding hydrogens is 390 g/mol. The van der Waals surface area contributed by atoms with E-state index in [1.54, 1.807) is 31.0 Å². The highest BCUT2D eigenvalue weighted by Gasteiger charge is 2.31. The van der Waals surface area contributed by atoms with Gasteiger partial charge in [0.25, 0.3) is 5.56 Å². The fraction of sp³-hybridized carbons (Fsp3) is 0.364. The van der Waals surface area contributed by atoms with Crippen LogP contribution in [-0.4, -0.2) is 34.4 Å². The van der Waals surface area contributed by atoms with Gasteiger partial charge in [-0.15, -0.1) is 0 Å². The van der Waals surface area contributed by atoms with Crippen molar-refractivity contribution in [2.75, 3.05) is 19.0 Å². The fourth-order valence-electron chi connectivity index (χ4n) is 3.67. The van der Waals surface area contributed by atoms with Gasteiger partial charge in [-0.2, -0.15) is 0 Å². The van der Waals surface area contributed by atoms with Crippen LogP contribution >= 0.6 is 11.6 Å². The Morgan fingerprint density at radius 3 is 2.83 bits per heavy atom. The Morgan fingerprint density at radius 1 is 1.34 bits per heavy atom. The molecule has 1 saturated carbocycles. The summed E-state index contributed by atoms with van der Waals surface area (Å²) in [6.45, 7) is 0.0491. The second kappa shape index (κ2) is 8.05. The number of aromatic nitrogens is 2. The number of hydrogen-bond acceptors (Lipinski definition) is 5. The maximum atomic E-state index is 12.4. The summed E-state index contributed by atoms with van der Waals surface area (Å²) in [4.78, 5) is 16.5. The second-order valence-electron chi connectivity index (χ2n) is 7.57. The molecule has 1 atom stereocenters. The van der Waals surface area contributed by atoms with Crippen molar-refractivity contribution in [2.24, 2.45) is 13.0 Å².